The van der Waals surface area contributed by atoms with Gasteiger partial charge in [0.2, 0.25) is 11.8 Å². The molecule has 0 aliphatic heterocycles. The third-order valence-electron chi connectivity index (χ3n) is 9.50. The molecule has 4 unspecified atom stereocenters. The van der Waals surface area contributed by atoms with Gasteiger partial charge in [0.1, 0.15) is 24.2 Å². The topological polar surface area (TPSA) is 205 Å². The Morgan fingerprint density at radius 3 is 1.69 bits per heavy atom. The fourth-order valence-corrected chi connectivity index (χ4v) is 5.72. The van der Waals surface area contributed by atoms with Crippen LogP contribution in [0, 0.1) is 5.41 Å². The SMILES string of the molecule is CCCCCCCNC(=O)OC(C)COCC(C)OCC(C)OCC(C)OC(=O)CCCCCCCNC(=O)OCCN(CCCNC(=O)C(C)(C)C(=O)NC)CCOC.CN(C)C. The van der Waals surface area contributed by atoms with Crippen LogP contribution in [0.4, 0.5) is 9.59 Å². The van der Waals surface area contributed by atoms with Crippen molar-refractivity contribution in [1.29, 1.82) is 0 Å². The van der Waals surface area contributed by atoms with Gasteiger partial charge in [0, 0.05) is 59.8 Å². The van der Waals surface area contributed by atoms with E-state index in [0.29, 0.717) is 71.9 Å². The molecule has 4 atom stereocenters. The smallest absolute Gasteiger partial charge is 0.407 e. The zero-order valence-electron chi connectivity index (χ0n) is 42.1. The molecule has 0 rings (SSSR count). The van der Waals surface area contributed by atoms with Crippen molar-refractivity contribution in [1.82, 2.24) is 31.1 Å². The van der Waals surface area contributed by atoms with Crippen molar-refractivity contribution < 1.29 is 57.1 Å². The average molecular weight is 921 g/mol. The lowest BCUT2D eigenvalue weighted by Gasteiger charge is -2.23. The molecule has 0 saturated carbocycles. The number of carbonyl (C=O) groups excluding carboxylic acids is 5. The Balaban J connectivity index is 0. The number of rotatable bonds is 38. The first-order valence-corrected chi connectivity index (χ1v) is 23.6. The van der Waals surface area contributed by atoms with Gasteiger partial charge in [0.05, 0.1) is 45.2 Å². The molecule has 0 aromatic rings. The molecule has 0 aliphatic rings. The first-order chi connectivity index (χ1) is 30.4. The minimum atomic E-state index is -1.15. The van der Waals surface area contributed by atoms with Gasteiger partial charge in [-0.05, 0) is 88.4 Å². The Labute approximate surface area is 386 Å². The Kier molecular flexibility index (Phi) is 40.4. The van der Waals surface area contributed by atoms with E-state index in [1.807, 2.05) is 39.9 Å². The van der Waals surface area contributed by atoms with E-state index in [1.165, 1.54) is 26.3 Å². The Morgan fingerprint density at radius 2 is 1.08 bits per heavy atom. The zero-order valence-corrected chi connectivity index (χ0v) is 42.1. The summed E-state index contributed by atoms with van der Waals surface area (Å²) in [5.41, 5.74) is -1.15. The molecule has 0 spiro atoms. The van der Waals surface area contributed by atoms with Crippen LogP contribution < -0.4 is 21.3 Å². The van der Waals surface area contributed by atoms with Gasteiger partial charge in [-0.1, -0.05) is 51.9 Å². The summed E-state index contributed by atoms with van der Waals surface area (Å²) in [6.45, 7) is 18.1. The quantitative estimate of drug-likeness (QED) is 0.0269. The molecule has 18 heteroatoms. The van der Waals surface area contributed by atoms with Crippen molar-refractivity contribution >= 4 is 30.0 Å². The van der Waals surface area contributed by atoms with Crippen LogP contribution in [0.1, 0.15) is 126 Å². The molecule has 0 radical (unpaired) electrons. The van der Waals surface area contributed by atoms with Gasteiger partial charge in [0.15, 0.2) is 0 Å². The summed E-state index contributed by atoms with van der Waals surface area (Å²) >= 11 is 0. The van der Waals surface area contributed by atoms with Crippen LogP contribution in [-0.4, -0.2) is 178 Å². The number of hydrogen-bond donors (Lipinski definition) is 4. The maximum atomic E-state index is 12.4. The summed E-state index contributed by atoms with van der Waals surface area (Å²) in [6.07, 6.45) is 8.89. The highest BCUT2D eigenvalue weighted by Gasteiger charge is 2.34. The molecule has 0 aromatic heterocycles. The van der Waals surface area contributed by atoms with Gasteiger partial charge in [-0.3, -0.25) is 19.3 Å². The van der Waals surface area contributed by atoms with Gasteiger partial charge in [-0.15, -0.1) is 0 Å². The van der Waals surface area contributed by atoms with Crippen molar-refractivity contribution in [2.24, 2.45) is 5.41 Å². The molecule has 0 bridgehead atoms. The second kappa shape index (κ2) is 41.2. The van der Waals surface area contributed by atoms with Crippen molar-refractivity contribution in [3.05, 3.63) is 0 Å². The number of amides is 4. The van der Waals surface area contributed by atoms with Crippen LogP contribution in [0.25, 0.3) is 0 Å². The van der Waals surface area contributed by atoms with E-state index in [-0.39, 0.29) is 62.0 Å². The van der Waals surface area contributed by atoms with Crippen LogP contribution in [0.15, 0.2) is 0 Å². The van der Waals surface area contributed by atoms with Gasteiger partial charge in [-0.25, -0.2) is 9.59 Å². The number of methoxy groups -OCH3 is 1. The first-order valence-electron chi connectivity index (χ1n) is 23.6. The Bertz CT molecular complexity index is 1200. The first kappa shape index (κ1) is 62.8. The molecule has 0 saturated heterocycles. The van der Waals surface area contributed by atoms with Crippen LogP contribution in [0.3, 0.4) is 0 Å². The second-order valence-corrected chi connectivity index (χ2v) is 17.3. The molecule has 0 aliphatic carbocycles. The number of alkyl carbamates (subject to hydrolysis) is 2. The summed E-state index contributed by atoms with van der Waals surface area (Å²) in [5, 5.41) is 10.9. The minimum absolute atomic E-state index is 0.175. The highest BCUT2D eigenvalue weighted by atomic mass is 16.6. The molecule has 4 amide bonds. The number of unbranched alkanes of at least 4 members (excludes halogenated alkanes) is 8. The number of hydrogen-bond acceptors (Lipinski definition) is 14. The molecule has 0 fully saturated rings. The molecule has 4 N–H and O–H groups in total. The predicted octanol–water partition coefficient (Wildman–Crippen LogP) is 5.30. The Hall–Kier alpha value is -3.29. The van der Waals surface area contributed by atoms with E-state index in [0.717, 1.165) is 44.9 Å². The summed E-state index contributed by atoms with van der Waals surface area (Å²) in [7, 11) is 9.13. The van der Waals surface area contributed by atoms with Gasteiger partial charge < -0.3 is 59.3 Å². The molecule has 18 nitrogen and oxygen atoms in total. The minimum Gasteiger partial charge on any atom is -0.460 e. The summed E-state index contributed by atoms with van der Waals surface area (Å²) in [6, 6.07) is 0. The lowest BCUT2D eigenvalue weighted by Crippen LogP contribution is -2.47. The van der Waals surface area contributed by atoms with E-state index in [9.17, 15) is 24.0 Å². The third-order valence-corrected chi connectivity index (χ3v) is 9.50. The third kappa shape index (κ3) is 39.1. The van der Waals surface area contributed by atoms with E-state index >= 15 is 0 Å². The lowest BCUT2D eigenvalue weighted by molar-refractivity contribution is -0.153. The summed E-state index contributed by atoms with van der Waals surface area (Å²) in [5.74, 6) is -0.925. The number of nitrogens with one attached hydrogen (secondary N) is 4. The van der Waals surface area contributed by atoms with Gasteiger partial charge in [-0.2, -0.15) is 0 Å². The Morgan fingerprint density at radius 1 is 0.578 bits per heavy atom. The maximum Gasteiger partial charge on any atom is 0.407 e. The second-order valence-electron chi connectivity index (χ2n) is 17.3. The van der Waals surface area contributed by atoms with E-state index in [4.69, 9.17) is 33.2 Å². The highest BCUT2D eigenvalue weighted by Crippen LogP contribution is 2.15. The fourth-order valence-electron chi connectivity index (χ4n) is 5.72. The zero-order chi connectivity index (χ0) is 48.6. The number of carbonyl (C=O) groups is 5. The lowest BCUT2D eigenvalue weighted by atomic mass is 9.91. The van der Waals surface area contributed by atoms with E-state index in [1.54, 1.807) is 34.8 Å². The van der Waals surface area contributed by atoms with E-state index < -0.39 is 17.6 Å². The van der Waals surface area contributed by atoms with Crippen molar-refractivity contribution in [3.8, 4) is 0 Å². The normalized spacial score (nSPS) is 13.2. The molecular weight excluding hydrogens is 829 g/mol. The number of nitrogens with zero attached hydrogens (tertiary/aromatic N) is 2. The number of esters is 1. The number of ether oxygens (including phenoxy) is 7. The average Bonchev–Trinajstić information content (AvgIpc) is 3.23. The molecular formula is C46H92N6O12. The maximum absolute atomic E-state index is 12.4. The summed E-state index contributed by atoms with van der Waals surface area (Å²) in [4.78, 5) is 64.8. The van der Waals surface area contributed by atoms with Crippen LogP contribution >= 0.6 is 0 Å². The van der Waals surface area contributed by atoms with Gasteiger partial charge >= 0.3 is 18.2 Å². The van der Waals surface area contributed by atoms with Gasteiger partial charge in [0.25, 0.3) is 0 Å². The summed E-state index contributed by atoms with van der Waals surface area (Å²) < 4.78 is 38.7. The van der Waals surface area contributed by atoms with Crippen LogP contribution in [0.2, 0.25) is 0 Å². The van der Waals surface area contributed by atoms with Crippen molar-refractivity contribution in [3.63, 3.8) is 0 Å². The van der Waals surface area contributed by atoms with Crippen molar-refractivity contribution in [2.45, 2.75) is 150 Å². The molecule has 0 aromatic carbocycles. The largest absolute Gasteiger partial charge is 0.460 e. The molecule has 378 valence electrons. The van der Waals surface area contributed by atoms with Crippen molar-refractivity contribution in [2.75, 3.05) is 114 Å². The highest BCUT2D eigenvalue weighted by molar-refractivity contribution is 6.04. The molecule has 64 heavy (non-hydrogen) atoms. The van der Waals surface area contributed by atoms with Crippen LogP contribution in [-0.2, 0) is 47.5 Å². The standard InChI is InChI=1S/C43H83N5O12.C3H9N/c1-10-11-12-15-18-23-47-42(53)60-36(4)31-55-30-34(2)57-32-35(3)58-33-37(5)59-38(49)21-17-14-13-16-19-22-46-41(52)56-29-27-48(26-28-54-9)25-20-24-45-40(51)43(6,7)39(50)44-8;1-4(2)3/h34-37H,10-33H2,1-9H3,(H,44,50)(H,45,51)(H,46,52)(H,47,53);1-3H3. The predicted molar refractivity (Wildman–Crippen MR) is 250 cm³/mol. The van der Waals surface area contributed by atoms with Crippen LogP contribution in [0.5, 0.6) is 0 Å². The molecule has 0 heterocycles. The fraction of sp³-hybridized carbons (Fsp3) is 0.891. The van der Waals surface area contributed by atoms with E-state index in [2.05, 4.69) is 33.1 Å². The monoisotopic (exact) mass is 921 g/mol.